The Morgan fingerprint density at radius 3 is 2.51 bits per heavy atom. The molecule has 0 saturated heterocycles. The molecule has 0 aliphatic carbocycles. The first-order valence-corrected chi connectivity index (χ1v) is 10.7. The number of nitrogens with one attached hydrogen (secondary N) is 1. The summed E-state index contributed by atoms with van der Waals surface area (Å²) in [5.74, 6) is -0.290. The van der Waals surface area contributed by atoms with Crippen LogP contribution >= 0.6 is 0 Å². The molecular formula is C24H23F3N6O2. The lowest BCUT2D eigenvalue weighted by Crippen LogP contribution is -2.19. The molecule has 8 nitrogen and oxygen atoms in total. The zero-order valence-corrected chi connectivity index (χ0v) is 19.1. The van der Waals surface area contributed by atoms with Crippen molar-refractivity contribution in [2.45, 2.75) is 12.7 Å². The molecule has 0 atom stereocenters. The number of alkyl halides is 3. The van der Waals surface area contributed by atoms with Gasteiger partial charge in [-0.15, -0.1) is 0 Å². The largest absolute Gasteiger partial charge is 0.492 e. The van der Waals surface area contributed by atoms with Crippen LogP contribution in [0.5, 0.6) is 5.75 Å². The van der Waals surface area contributed by atoms with Crippen molar-refractivity contribution in [3.05, 3.63) is 72.2 Å². The van der Waals surface area contributed by atoms with Crippen LogP contribution in [0.25, 0.3) is 22.6 Å². The molecule has 182 valence electrons. The summed E-state index contributed by atoms with van der Waals surface area (Å²) in [5.41, 5.74) is 2.94. The number of rotatable bonds is 9. The van der Waals surface area contributed by atoms with E-state index < -0.39 is 12.1 Å². The van der Waals surface area contributed by atoms with Gasteiger partial charge < -0.3 is 19.5 Å². The summed E-state index contributed by atoms with van der Waals surface area (Å²) < 4.78 is 48.0. The van der Waals surface area contributed by atoms with E-state index in [9.17, 15) is 13.2 Å². The molecule has 35 heavy (non-hydrogen) atoms. The van der Waals surface area contributed by atoms with E-state index in [1.165, 1.54) is 0 Å². The molecule has 2 aromatic heterocycles. The molecule has 0 aliphatic heterocycles. The lowest BCUT2D eigenvalue weighted by molar-refractivity contribution is -0.159. The SMILES string of the molecule is CN(C)CCOc1cccc(-c2ccnc(NCc3ccc(-c4noc(C(F)(F)F)n4)cc3)n2)c1. The summed E-state index contributed by atoms with van der Waals surface area (Å²) in [6, 6.07) is 16.3. The van der Waals surface area contributed by atoms with E-state index >= 15 is 0 Å². The quantitative estimate of drug-likeness (QED) is 0.364. The fourth-order valence-electron chi connectivity index (χ4n) is 3.10. The Morgan fingerprint density at radius 1 is 1.00 bits per heavy atom. The van der Waals surface area contributed by atoms with Crippen molar-refractivity contribution in [2.75, 3.05) is 32.6 Å². The van der Waals surface area contributed by atoms with Gasteiger partial charge in [0, 0.05) is 30.4 Å². The van der Waals surface area contributed by atoms with E-state index in [1.54, 1.807) is 30.5 Å². The number of likely N-dealkylation sites (N-methyl/N-ethyl adjacent to an activating group) is 1. The lowest BCUT2D eigenvalue weighted by atomic mass is 10.1. The molecule has 0 fully saturated rings. The summed E-state index contributed by atoms with van der Waals surface area (Å²) in [6.45, 7) is 1.82. The second-order valence-corrected chi connectivity index (χ2v) is 7.92. The van der Waals surface area contributed by atoms with Gasteiger partial charge in [0.2, 0.25) is 11.8 Å². The van der Waals surface area contributed by atoms with E-state index in [4.69, 9.17) is 4.74 Å². The molecule has 4 rings (SSSR count). The number of hydrogen-bond acceptors (Lipinski definition) is 8. The molecule has 2 aromatic carbocycles. The van der Waals surface area contributed by atoms with Gasteiger partial charge in [0.05, 0.1) is 5.69 Å². The molecule has 0 amide bonds. The van der Waals surface area contributed by atoms with Gasteiger partial charge in [0.1, 0.15) is 12.4 Å². The fourth-order valence-corrected chi connectivity index (χ4v) is 3.10. The summed E-state index contributed by atoms with van der Waals surface area (Å²) in [6.07, 6.45) is -3.01. The summed E-state index contributed by atoms with van der Waals surface area (Å²) in [7, 11) is 3.98. The van der Waals surface area contributed by atoms with Gasteiger partial charge in [-0.3, -0.25) is 0 Å². The maximum Gasteiger partial charge on any atom is 0.471 e. The zero-order chi connectivity index (χ0) is 24.8. The second-order valence-electron chi connectivity index (χ2n) is 7.92. The fraction of sp³-hybridized carbons (Fsp3) is 0.250. The van der Waals surface area contributed by atoms with E-state index in [0.717, 1.165) is 29.1 Å². The minimum absolute atomic E-state index is 0.124. The van der Waals surface area contributed by atoms with Crippen molar-refractivity contribution in [3.63, 3.8) is 0 Å². The van der Waals surface area contributed by atoms with Crippen LogP contribution in [0.3, 0.4) is 0 Å². The highest BCUT2D eigenvalue weighted by molar-refractivity contribution is 5.62. The highest BCUT2D eigenvalue weighted by atomic mass is 19.4. The van der Waals surface area contributed by atoms with Crippen LogP contribution in [0.1, 0.15) is 11.5 Å². The van der Waals surface area contributed by atoms with Crippen LogP contribution in [-0.2, 0) is 12.7 Å². The third-order valence-corrected chi connectivity index (χ3v) is 4.92. The van der Waals surface area contributed by atoms with Gasteiger partial charge in [-0.25, -0.2) is 9.97 Å². The van der Waals surface area contributed by atoms with Crippen LogP contribution in [0.4, 0.5) is 19.1 Å². The third kappa shape index (κ3) is 6.54. The molecule has 0 radical (unpaired) electrons. The zero-order valence-electron chi connectivity index (χ0n) is 19.1. The van der Waals surface area contributed by atoms with Crippen molar-refractivity contribution in [1.82, 2.24) is 25.0 Å². The van der Waals surface area contributed by atoms with Crippen LogP contribution in [0.15, 0.2) is 65.3 Å². The predicted molar refractivity (Wildman–Crippen MR) is 124 cm³/mol. The second kappa shape index (κ2) is 10.5. The number of benzene rings is 2. The van der Waals surface area contributed by atoms with Crippen molar-refractivity contribution in [3.8, 4) is 28.4 Å². The Balaban J connectivity index is 1.38. The number of ether oxygens (including phenoxy) is 1. The van der Waals surface area contributed by atoms with Crippen molar-refractivity contribution in [2.24, 2.45) is 0 Å². The van der Waals surface area contributed by atoms with Gasteiger partial charge in [-0.05, 0) is 37.9 Å². The number of nitrogens with zero attached hydrogens (tertiary/aromatic N) is 5. The molecule has 0 unspecified atom stereocenters. The highest BCUT2D eigenvalue weighted by Crippen LogP contribution is 2.29. The first kappa shape index (κ1) is 24.1. The van der Waals surface area contributed by atoms with Crippen LogP contribution in [0.2, 0.25) is 0 Å². The Bertz CT molecular complexity index is 1260. The van der Waals surface area contributed by atoms with Crippen molar-refractivity contribution >= 4 is 5.95 Å². The average Bonchev–Trinajstić information content (AvgIpc) is 3.35. The Kier molecular flexibility index (Phi) is 7.25. The summed E-state index contributed by atoms with van der Waals surface area (Å²) in [5, 5.41) is 6.55. The number of halogens is 3. The van der Waals surface area contributed by atoms with Gasteiger partial charge in [0.15, 0.2) is 0 Å². The molecule has 2 heterocycles. The van der Waals surface area contributed by atoms with E-state index in [2.05, 4.69) is 34.8 Å². The van der Waals surface area contributed by atoms with E-state index in [0.29, 0.717) is 24.7 Å². The summed E-state index contributed by atoms with van der Waals surface area (Å²) >= 11 is 0. The molecule has 11 heteroatoms. The molecule has 1 N–H and O–H groups in total. The normalized spacial score (nSPS) is 11.6. The monoisotopic (exact) mass is 484 g/mol. The maximum absolute atomic E-state index is 12.7. The van der Waals surface area contributed by atoms with Crippen LogP contribution in [0, 0.1) is 0 Å². The third-order valence-electron chi connectivity index (χ3n) is 4.92. The Hall–Kier alpha value is -3.99. The highest BCUT2D eigenvalue weighted by Gasteiger charge is 2.38. The van der Waals surface area contributed by atoms with Gasteiger partial charge in [-0.1, -0.05) is 41.6 Å². The van der Waals surface area contributed by atoms with E-state index in [-0.39, 0.29) is 5.82 Å². The maximum atomic E-state index is 12.7. The van der Waals surface area contributed by atoms with E-state index in [1.807, 2.05) is 44.4 Å². The topological polar surface area (TPSA) is 89.2 Å². The van der Waals surface area contributed by atoms with Crippen LogP contribution < -0.4 is 10.1 Å². The smallest absolute Gasteiger partial charge is 0.471 e. The summed E-state index contributed by atoms with van der Waals surface area (Å²) in [4.78, 5) is 14.3. The number of anilines is 1. The van der Waals surface area contributed by atoms with Gasteiger partial charge in [-0.2, -0.15) is 18.2 Å². The Morgan fingerprint density at radius 2 is 1.80 bits per heavy atom. The Labute approximate surface area is 199 Å². The number of hydrogen-bond donors (Lipinski definition) is 1. The first-order chi connectivity index (χ1) is 16.8. The minimum Gasteiger partial charge on any atom is -0.492 e. The van der Waals surface area contributed by atoms with Crippen LogP contribution in [-0.4, -0.2) is 52.3 Å². The van der Waals surface area contributed by atoms with Gasteiger partial charge >= 0.3 is 12.1 Å². The first-order valence-electron chi connectivity index (χ1n) is 10.7. The van der Waals surface area contributed by atoms with Gasteiger partial charge in [0.25, 0.3) is 0 Å². The van der Waals surface area contributed by atoms with Crippen molar-refractivity contribution < 1.29 is 22.4 Å². The molecule has 0 aliphatic rings. The molecule has 0 spiro atoms. The molecule has 0 saturated carbocycles. The molecular weight excluding hydrogens is 461 g/mol. The minimum atomic E-state index is -4.68. The molecule has 0 bridgehead atoms. The average molecular weight is 484 g/mol. The molecule has 4 aromatic rings. The van der Waals surface area contributed by atoms with Crippen molar-refractivity contribution in [1.29, 1.82) is 0 Å². The standard InChI is InChI=1S/C24H23F3N6O2/c1-33(2)12-13-34-19-5-3-4-18(14-19)20-10-11-28-23(30-20)29-15-16-6-8-17(9-7-16)21-31-22(35-32-21)24(25,26)27/h3-11,14H,12-13,15H2,1-2H3,(H,28,29,30). The predicted octanol–water partition coefficient (Wildman–Crippen LogP) is 4.76. The number of aromatic nitrogens is 4. The lowest BCUT2D eigenvalue weighted by Gasteiger charge is -2.12.